The molecule has 0 bridgehead atoms. The molecule has 0 saturated carbocycles. The van der Waals surface area contributed by atoms with Crippen LogP contribution in [0.15, 0.2) is 18.2 Å². The molecule has 1 radical (unpaired) electrons. The monoisotopic (exact) mass is 349 g/mol. The molecular weight excluding hydrogens is 324 g/mol. The molecule has 1 fully saturated rings. The number of carbonyl (C=O) groups is 1. The number of nitrogens with two attached hydrogens (primary N) is 1. The largest absolute Gasteiger partial charge is 0.464 e. The number of nitro benzene ring substituents is 1. The Morgan fingerprint density at radius 3 is 2.72 bits per heavy atom. The number of aryl methyl sites for hydroxylation is 1. The normalized spacial score (nSPS) is 18.9. The van der Waals surface area contributed by atoms with E-state index in [1.165, 1.54) is 0 Å². The summed E-state index contributed by atoms with van der Waals surface area (Å²) in [6.45, 7) is 6.77. The number of rotatable bonds is 5. The fourth-order valence-electron chi connectivity index (χ4n) is 3.63. The highest BCUT2D eigenvalue weighted by Gasteiger charge is 2.36. The van der Waals surface area contributed by atoms with Crippen LogP contribution in [0.3, 0.4) is 0 Å². The van der Waals surface area contributed by atoms with Crippen LogP contribution in [0.2, 0.25) is 0 Å². The lowest BCUT2D eigenvalue weighted by atomic mass is 9.84. The Balaban J connectivity index is 2.29. The zero-order valence-electron chi connectivity index (χ0n) is 14.8. The van der Waals surface area contributed by atoms with Gasteiger partial charge in [-0.2, -0.15) is 0 Å². The number of hydrogen-bond acceptors (Lipinski definition) is 5. The van der Waals surface area contributed by atoms with Crippen LogP contribution >= 0.6 is 0 Å². The van der Waals surface area contributed by atoms with Crippen molar-refractivity contribution in [2.75, 3.05) is 18.0 Å². The standard InChI is InChI=1S/C17H25N4O4/c1-11(2)16(20(18)17(22)23)13-5-4-8-19(10-13)14-7-6-12(3)9-15(14)21(24)25/h6-7,9,13,16H,4-5,8,10,18H2,1-3H3,(H,22,23). The second-order valence-electron chi connectivity index (χ2n) is 6.81. The third-order valence-corrected chi connectivity index (χ3v) is 4.68. The Hall–Kier alpha value is -2.35. The quantitative estimate of drug-likeness (QED) is 0.366. The number of nitrogens with zero attached hydrogens (tertiary/aromatic N) is 3. The molecule has 1 aliphatic rings. The summed E-state index contributed by atoms with van der Waals surface area (Å²) in [6, 6.07) is 4.78. The molecule has 8 nitrogen and oxygen atoms in total. The molecule has 1 aliphatic heterocycles. The van der Waals surface area contributed by atoms with E-state index < -0.39 is 12.1 Å². The Kier molecular flexibility index (Phi) is 5.84. The molecule has 25 heavy (non-hydrogen) atoms. The summed E-state index contributed by atoms with van der Waals surface area (Å²) in [4.78, 5) is 24.3. The van der Waals surface area contributed by atoms with E-state index >= 15 is 0 Å². The summed E-state index contributed by atoms with van der Waals surface area (Å²) < 4.78 is 0. The number of nitro groups is 1. The van der Waals surface area contributed by atoms with Gasteiger partial charge in [-0.25, -0.2) is 15.6 Å². The predicted molar refractivity (Wildman–Crippen MR) is 95.2 cm³/mol. The average molecular weight is 349 g/mol. The predicted octanol–water partition coefficient (Wildman–Crippen LogP) is 2.96. The van der Waals surface area contributed by atoms with E-state index in [2.05, 4.69) is 0 Å². The summed E-state index contributed by atoms with van der Waals surface area (Å²) in [5.41, 5.74) is 1.49. The number of hydrogen-bond donors (Lipinski definition) is 2. The molecule has 1 amide bonds. The first-order valence-electron chi connectivity index (χ1n) is 8.29. The van der Waals surface area contributed by atoms with Crippen LogP contribution in [0.1, 0.15) is 32.3 Å². The zero-order chi connectivity index (χ0) is 18.7. The zero-order valence-corrected chi connectivity index (χ0v) is 14.8. The van der Waals surface area contributed by atoms with Gasteiger partial charge in [0.25, 0.3) is 5.69 Å². The molecule has 1 saturated heterocycles. The smallest absolute Gasteiger partial charge is 0.421 e. The van der Waals surface area contributed by atoms with Gasteiger partial charge in [0.15, 0.2) is 0 Å². The summed E-state index contributed by atoms with van der Waals surface area (Å²) in [5, 5.41) is 21.5. The first-order chi connectivity index (χ1) is 11.7. The van der Waals surface area contributed by atoms with Gasteiger partial charge in [-0.3, -0.25) is 10.1 Å². The van der Waals surface area contributed by atoms with Crippen LogP contribution in [-0.2, 0) is 0 Å². The van der Waals surface area contributed by atoms with Gasteiger partial charge in [-0.05, 0) is 43.2 Å². The van der Waals surface area contributed by atoms with Crippen molar-refractivity contribution in [3.8, 4) is 0 Å². The van der Waals surface area contributed by atoms with Crippen molar-refractivity contribution in [2.45, 2.75) is 39.7 Å². The van der Waals surface area contributed by atoms with Gasteiger partial charge in [0.2, 0.25) is 0 Å². The van der Waals surface area contributed by atoms with Gasteiger partial charge in [0.05, 0.1) is 11.0 Å². The van der Waals surface area contributed by atoms with Crippen molar-refractivity contribution in [3.63, 3.8) is 0 Å². The molecule has 2 unspecified atom stereocenters. The first kappa shape index (κ1) is 19.0. The van der Waals surface area contributed by atoms with Gasteiger partial charge in [-0.1, -0.05) is 19.9 Å². The van der Waals surface area contributed by atoms with E-state index in [-0.39, 0.29) is 16.5 Å². The summed E-state index contributed by atoms with van der Waals surface area (Å²) in [5.74, 6) is 6.66. The number of carboxylic acid groups (broad SMARTS) is 1. The highest BCUT2D eigenvalue weighted by atomic mass is 16.6. The Morgan fingerprint density at radius 1 is 1.48 bits per heavy atom. The molecule has 0 aromatic heterocycles. The fraction of sp³-hybridized carbons (Fsp3) is 0.529. The molecule has 3 N–H and O–H groups in total. The summed E-state index contributed by atoms with van der Waals surface area (Å²) in [7, 11) is 0. The van der Waals surface area contributed by atoms with Crippen molar-refractivity contribution in [1.82, 2.24) is 5.01 Å². The van der Waals surface area contributed by atoms with Gasteiger partial charge < -0.3 is 10.0 Å². The van der Waals surface area contributed by atoms with Gasteiger partial charge in [-0.15, -0.1) is 0 Å². The molecule has 1 aromatic rings. The number of amides is 1. The first-order valence-corrected chi connectivity index (χ1v) is 8.29. The van der Waals surface area contributed by atoms with Crippen molar-refractivity contribution >= 4 is 17.5 Å². The van der Waals surface area contributed by atoms with Crippen molar-refractivity contribution < 1.29 is 14.8 Å². The van der Waals surface area contributed by atoms with E-state index in [9.17, 15) is 20.0 Å². The second kappa shape index (κ2) is 7.69. The van der Waals surface area contributed by atoms with Gasteiger partial charge >= 0.3 is 6.09 Å². The number of benzene rings is 1. The van der Waals surface area contributed by atoms with Crippen molar-refractivity contribution in [3.05, 3.63) is 39.8 Å². The minimum atomic E-state index is -1.18. The maximum Gasteiger partial charge on any atom is 0.421 e. The minimum Gasteiger partial charge on any atom is -0.464 e. The van der Waals surface area contributed by atoms with Crippen LogP contribution in [0.25, 0.3) is 0 Å². The maximum atomic E-state index is 11.4. The van der Waals surface area contributed by atoms with E-state index in [1.54, 1.807) is 12.1 Å². The molecule has 0 spiro atoms. The SMILES string of the molecule is C[C](C)C(C1CCCN(c2ccc(C)cc2[N+](=O)[O-])C1)N(N)C(=O)O. The minimum absolute atomic E-state index is 0.0132. The molecule has 1 heterocycles. The van der Waals surface area contributed by atoms with Crippen LogP contribution in [0.4, 0.5) is 16.2 Å². The number of anilines is 1. The van der Waals surface area contributed by atoms with Crippen LogP contribution in [-0.4, -0.2) is 40.3 Å². The Labute approximate surface area is 147 Å². The Bertz CT molecular complexity index is 650. The van der Waals surface area contributed by atoms with E-state index in [4.69, 9.17) is 5.84 Å². The fourth-order valence-corrected chi connectivity index (χ4v) is 3.63. The average Bonchev–Trinajstić information content (AvgIpc) is 2.54. The lowest BCUT2D eigenvalue weighted by Crippen LogP contribution is -2.54. The molecule has 0 aliphatic carbocycles. The van der Waals surface area contributed by atoms with E-state index in [0.717, 1.165) is 29.3 Å². The molecule has 2 atom stereocenters. The number of hydrazine groups is 1. The highest BCUT2D eigenvalue weighted by Crippen LogP contribution is 2.35. The molecule has 8 heteroatoms. The van der Waals surface area contributed by atoms with Crippen LogP contribution in [0.5, 0.6) is 0 Å². The molecular formula is C17H25N4O4. The third-order valence-electron chi connectivity index (χ3n) is 4.68. The van der Waals surface area contributed by atoms with Crippen molar-refractivity contribution in [1.29, 1.82) is 0 Å². The number of piperidine rings is 1. The lowest BCUT2D eigenvalue weighted by Gasteiger charge is -2.41. The van der Waals surface area contributed by atoms with E-state index in [0.29, 0.717) is 18.8 Å². The van der Waals surface area contributed by atoms with Crippen LogP contribution in [0, 0.1) is 28.9 Å². The van der Waals surface area contributed by atoms with Gasteiger partial charge in [0.1, 0.15) is 5.69 Å². The lowest BCUT2D eigenvalue weighted by molar-refractivity contribution is -0.384. The van der Waals surface area contributed by atoms with Gasteiger partial charge in [0, 0.05) is 19.2 Å². The van der Waals surface area contributed by atoms with Crippen LogP contribution < -0.4 is 10.7 Å². The third kappa shape index (κ3) is 4.19. The summed E-state index contributed by atoms with van der Waals surface area (Å²) >= 11 is 0. The maximum absolute atomic E-state index is 11.4. The molecule has 2 rings (SSSR count). The van der Waals surface area contributed by atoms with E-state index in [1.807, 2.05) is 31.7 Å². The topological polar surface area (TPSA) is 113 Å². The van der Waals surface area contributed by atoms with Crippen molar-refractivity contribution in [2.24, 2.45) is 11.8 Å². The molecule has 137 valence electrons. The summed E-state index contributed by atoms with van der Waals surface area (Å²) in [6.07, 6.45) is 0.476. The highest BCUT2D eigenvalue weighted by molar-refractivity contribution is 5.66. The molecule has 1 aromatic carbocycles. The Morgan fingerprint density at radius 2 is 2.16 bits per heavy atom. The second-order valence-corrected chi connectivity index (χ2v) is 6.81.